The van der Waals surface area contributed by atoms with Crippen LogP contribution in [-0.2, 0) is 4.79 Å². The van der Waals surface area contributed by atoms with E-state index in [2.05, 4.69) is 31.3 Å². The van der Waals surface area contributed by atoms with Gasteiger partial charge in [-0.3, -0.25) is 4.79 Å². The molecule has 0 aromatic rings. The van der Waals surface area contributed by atoms with E-state index in [0.717, 1.165) is 51.4 Å². The lowest BCUT2D eigenvalue weighted by Gasteiger charge is -2.21. The van der Waals surface area contributed by atoms with Crippen molar-refractivity contribution in [2.75, 3.05) is 6.61 Å². The Hall–Kier alpha value is -1.17. The molecule has 34 heavy (non-hydrogen) atoms. The largest absolute Gasteiger partial charge is 0.394 e. The van der Waals surface area contributed by atoms with Crippen LogP contribution in [0.1, 0.15) is 129 Å². The molecule has 0 saturated carbocycles. The van der Waals surface area contributed by atoms with Crippen molar-refractivity contribution >= 4 is 5.91 Å². The van der Waals surface area contributed by atoms with E-state index in [0.29, 0.717) is 6.42 Å². The molecule has 0 aliphatic rings. The van der Waals surface area contributed by atoms with Crippen LogP contribution in [0.15, 0.2) is 24.3 Å². The highest BCUT2D eigenvalue weighted by Gasteiger charge is 2.22. The fourth-order valence-electron chi connectivity index (χ4n) is 3.93. The standard InChI is InChI=1S/C29H55NO4/c1-3-5-7-9-11-13-15-17-19-21-23-27(32)26(25-31)30-29(34)28(33)24-22-20-18-16-14-12-10-8-6-4-2/h10,12,21,23,26-28,31-33H,3-9,11,13-20,22,24-25H2,1-2H3,(H,30,34)/b12-10-,23-21+. The van der Waals surface area contributed by atoms with Gasteiger partial charge in [-0.05, 0) is 38.5 Å². The first-order valence-electron chi connectivity index (χ1n) is 14.2. The third-order valence-electron chi connectivity index (χ3n) is 6.29. The first-order valence-corrected chi connectivity index (χ1v) is 14.2. The van der Waals surface area contributed by atoms with Gasteiger partial charge in [0.25, 0.3) is 0 Å². The van der Waals surface area contributed by atoms with Gasteiger partial charge in [-0.2, -0.15) is 0 Å². The number of aliphatic hydroxyl groups excluding tert-OH is 3. The summed E-state index contributed by atoms with van der Waals surface area (Å²) in [6, 6.07) is -0.795. The molecule has 0 aromatic heterocycles. The van der Waals surface area contributed by atoms with Gasteiger partial charge in [-0.25, -0.2) is 0 Å². The van der Waals surface area contributed by atoms with Crippen LogP contribution in [0, 0.1) is 0 Å². The molecule has 3 atom stereocenters. The molecule has 0 aliphatic heterocycles. The van der Waals surface area contributed by atoms with Gasteiger partial charge >= 0.3 is 0 Å². The second-order valence-corrected chi connectivity index (χ2v) is 9.60. The molecule has 0 fully saturated rings. The van der Waals surface area contributed by atoms with E-state index in [4.69, 9.17) is 0 Å². The Bertz CT molecular complexity index is 506. The Balaban J connectivity index is 3.91. The van der Waals surface area contributed by atoms with Gasteiger partial charge in [-0.1, -0.05) is 115 Å². The van der Waals surface area contributed by atoms with E-state index in [-0.39, 0.29) is 6.61 Å². The number of amides is 1. The van der Waals surface area contributed by atoms with Gasteiger partial charge in [0.05, 0.1) is 18.8 Å². The number of allylic oxidation sites excluding steroid dienone is 3. The molecule has 0 aromatic carbocycles. The molecule has 5 heteroatoms. The molecule has 1 amide bonds. The second kappa shape index (κ2) is 24.9. The van der Waals surface area contributed by atoms with Crippen LogP contribution >= 0.6 is 0 Å². The van der Waals surface area contributed by atoms with Gasteiger partial charge in [0, 0.05) is 0 Å². The minimum Gasteiger partial charge on any atom is -0.394 e. The highest BCUT2D eigenvalue weighted by atomic mass is 16.3. The van der Waals surface area contributed by atoms with Crippen LogP contribution in [-0.4, -0.2) is 46.1 Å². The Morgan fingerprint density at radius 2 is 1.21 bits per heavy atom. The molecule has 0 bridgehead atoms. The minimum atomic E-state index is -1.10. The van der Waals surface area contributed by atoms with Crippen molar-refractivity contribution in [1.29, 1.82) is 0 Å². The van der Waals surface area contributed by atoms with E-state index < -0.39 is 24.2 Å². The lowest BCUT2D eigenvalue weighted by molar-refractivity contribution is -0.131. The van der Waals surface area contributed by atoms with Crippen molar-refractivity contribution in [3.8, 4) is 0 Å². The van der Waals surface area contributed by atoms with E-state index in [1.54, 1.807) is 6.08 Å². The summed E-state index contributed by atoms with van der Waals surface area (Å²) in [7, 11) is 0. The van der Waals surface area contributed by atoms with Gasteiger partial charge in [-0.15, -0.1) is 0 Å². The number of unbranched alkanes of at least 4 members (excludes halogenated alkanes) is 14. The van der Waals surface area contributed by atoms with Gasteiger partial charge in [0.2, 0.25) is 5.91 Å². The number of carbonyl (C=O) groups excluding carboxylic acids is 1. The molecule has 3 unspecified atom stereocenters. The summed E-state index contributed by atoms with van der Waals surface area (Å²) in [5, 5.41) is 32.6. The number of hydrogen-bond acceptors (Lipinski definition) is 4. The average molecular weight is 482 g/mol. The molecule has 0 heterocycles. The monoisotopic (exact) mass is 481 g/mol. The Labute approximate surface area is 210 Å². The molecule has 4 N–H and O–H groups in total. The number of carbonyl (C=O) groups is 1. The maximum atomic E-state index is 12.2. The zero-order valence-corrected chi connectivity index (χ0v) is 22.2. The average Bonchev–Trinajstić information content (AvgIpc) is 2.84. The van der Waals surface area contributed by atoms with Crippen LogP contribution in [0.4, 0.5) is 0 Å². The van der Waals surface area contributed by atoms with Crippen LogP contribution in [0.2, 0.25) is 0 Å². The second-order valence-electron chi connectivity index (χ2n) is 9.60. The topological polar surface area (TPSA) is 89.8 Å². The molecule has 0 saturated heterocycles. The highest BCUT2D eigenvalue weighted by Crippen LogP contribution is 2.11. The van der Waals surface area contributed by atoms with Gasteiger partial charge in [0.15, 0.2) is 0 Å². The first kappa shape index (κ1) is 32.8. The fraction of sp³-hybridized carbons (Fsp3) is 0.828. The van der Waals surface area contributed by atoms with Crippen LogP contribution in [0.25, 0.3) is 0 Å². The normalized spacial score (nSPS) is 14.6. The van der Waals surface area contributed by atoms with Crippen molar-refractivity contribution in [2.24, 2.45) is 0 Å². The zero-order chi connectivity index (χ0) is 25.3. The molecule has 0 rings (SSSR count). The molecule has 0 aliphatic carbocycles. The lowest BCUT2D eigenvalue weighted by Crippen LogP contribution is -2.48. The predicted octanol–water partition coefficient (Wildman–Crippen LogP) is 6.36. The summed E-state index contributed by atoms with van der Waals surface area (Å²) >= 11 is 0. The van der Waals surface area contributed by atoms with Gasteiger partial charge < -0.3 is 20.6 Å². The van der Waals surface area contributed by atoms with E-state index >= 15 is 0 Å². The third kappa shape index (κ3) is 20.2. The van der Waals surface area contributed by atoms with Crippen LogP contribution < -0.4 is 5.32 Å². The van der Waals surface area contributed by atoms with Crippen molar-refractivity contribution < 1.29 is 20.1 Å². The number of rotatable bonds is 24. The summed E-state index contributed by atoms with van der Waals surface area (Å²) in [6.07, 6.45) is 26.1. The quantitative estimate of drug-likeness (QED) is 0.0954. The lowest BCUT2D eigenvalue weighted by atomic mass is 10.1. The number of hydrogen-bond donors (Lipinski definition) is 4. The molecule has 200 valence electrons. The zero-order valence-electron chi connectivity index (χ0n) is 22.2. The number of nitrogens with one attached hydrogen (secondary N) is 1. The first-order chi connectivity index (χ1) is 16.6. The van der Waals surface area contributed by atoms with Crippen molar-refractivity contribution in [3.05, 3.63) is 24.3 Å². The highest BCUT2D eigenvalue weighted by molar-refractivity contribution is 5.80. The van der Waals surface area contributed by atoms with E-state index in [1.807, 2.05) is 6.08 Å². The molecule has 5 nitrogen and oxygen atoms in total. The summed E-state index contributed by atoms with van der Waals surface area (Å²) in [5.41, 5.74) is 0. The third-order valence-corrected chi connectivity index (χ3v) is 6.29. The summed E-state index contributed by atoms with van der Waals surface area (Å²) in [6.45, 7) is 4.06. The van der Waals surface area contributed by atoms with Crippen molar-refractivity contribution in [3.63, 3.8) is 0 Å². The number of aliphatic hydroxyl groups is 3. The summed E-state index contributed by atoms with van der Waals surface area (Å²) < 4.78 is 0. The minimum absolute atomic E-state index is 0.368. The molecule has 0 spiro atoms. The van der Waals surface area contributed by atoms with E-state index in [1.165, 1.54) is 57.8 Å². The Morgan fingerprint density at radius 1 is 0.706 bits per heavy atom. The smallest absolute Gasteiger partial charge is 0.249 e. The Kier molecular flexibility index (Phi) is 24.1. The van der Waals surface area contributed by atoms with Crippen molar-refractivity contribution in [2.45, 2.75) is 148 Å². The maximum Gasteiger partial charge on any atom is 0.249 e. The molecular weight excluding hydrogens is 426 g/mol. The molecular formula is C29H55NO4. The van der Waals surface area contributed by atoms with Gasteiger partial charge in [0.1, 0.15) is 6.10 Å². The fourth-order valence-corrected chi connectivity index (χ4v) is 3.93. The van der Waals surface area contributed by atoms with Crippen molar-refractivity contribution in [1.82, 2.24) is 5.32 Å². The predicted molar refractivity (Wildman–Crippen MR) is 144 cm³/mol. The maximum absolute atomic E-state index is 12.2. The molecule has 0 radical (unpaired) electrons. The Morgan fingerprint density at radius 3 is 1.79 bits per heavy atom. The van der Waals surface area contributed by atoms with E-state index in [9.17, 15) is 20.1 Å². The SMILES string of the molecule is CCCC/C=C\CCCCCCC(O)C(=O)NC(CO)C(O)/C=C/CCCCCCCCCC. The van der Waals surface area contributed by atoms with Crippen LogP contribution in [0.5, 0.6) is 0 Å². The summed E-state index contributed by atoms with van der Waals surface area (Å²) in [4.78, 5) is 12.2. The summed E-state index contributed by atoms with van der Waals surface area (Å²) in [5.74, 6) is -0.520. The van der Waals surface area contributed by atoms with Crippen LogP contribution in [0.3, 0.4) is 0 Å².